The lowest BCUT2D eigenvalue weighted by Gasteiger charge is -2.23. The lowest BCUT2D eigenvalue weighted by molar-refractivity contribution is 0.262. The number of carbonyl (C=O) groups is 1. The van der Waals surface area contributed by atoms with Crippen LogP contribution in [0.5, 0.6) is 0 Å². The molecular weight excluding hydrogens is 410 g/mol. The molecule has 2 N–H and O–H groups in total. The van der Waals surface area contributed by atoms with Gasteiger partial charge in [-0.05, 0) is 67.6 Å². The quantitative estimate of drug-likeness (QED) is 0.519. The largest absolute Gasteiger partial charge is 0.323 e. The van der Waals surface area contributed by atoms with Crippen LogP contribution in [-0.2, 0) is 6.42 Å². The number of rotatable bonds is 4. The number of nitrogens with zero attached hydrogens (tertiary/aromatic N) is 2. The van der Waals surface area contributed by atoms with Gasteiger partial charge in [-0.2, -0.15) is 0 Å². The number of aromatic nitrogens is 1. The van der Waals surface area contributed by atoms with E-state index in [1.54, 1.807) is 25.3 Å². The van der Waals surface area contributed by atoms with Gasteiger partial charge in [-0.15, -0.1) is 0 Å². The Kier molecular flexibility index (Phi) is 5.99. The number of carbonyl (C=O) groups excluding carboxylic acids is 1. The van der Waals surface area contributed by atoms with Gasteiger partial charge in [-0.1, -0.05) is 19.1 Å². The predicted octanol–water partition coefficient (Wildman–Crippen LogP) is 6.12. The van der Waals surface area contributed by atoms with Crippen molar-refractivity contribution in [2.45, 2.75) is 39.7 Å². The van der Waals surface area contributed by atoms with E-state index in [-0.39, 0.29) is 17.4 Å². The molecule has 2 aromatic carbocycles. The molecule has 1 unspecified atom stereocenters. The third kappa shape index (κ3) is 4.37. The highest BCUT2D eigenvalue weighted by molar-refractivity contribution is 6.06. The van der Waals surface area contributed by atoms with Crippen molar-refractivity contribution >= 4 is 23.1 Å². The highest BCUT2D eigenvalue weighted by Crippen LogP contribution is 2.32. The molecule has 164 valence electrons. The molecule has 1 atom stereocenters. The van der Waals surface area contributed by atoms with Gasteiger partial charge in [0.2, 0.25) is 0 Å². The van der Waals surface area contributed by atoms with Gasteiger partial charge >= 0.3 is 6.03 Å². The fourth-order valence-corrected chi connectivity index (χ4v) is 3.97. The maximum Gasteiger partial charge on any atom is 0.323 e. The van der Waals surface area contributed by atoms with Crippen LogP contribution < -0.4 is 10.6 Å². The first kappa shape index (κ1) is 21.6. The van der Waals surface area contributed by atoms with Crippen LogP contribution in [0.4, 0.5) is 25.0 Å². The normalized spacial score (nSPS) is 15.0. The highest BCUT2D eigenvalue weighted by atomic mass is 19.1. The van der Waals surface area contributed by atoms with E-state index in [0.717, 1.165) is 40.8 Å². The summed E-state index contributed by atoms with van der Waals surface area (Å²) >= 11 is 0. The van der Waals surface area contributed by atoms with Crippen LogP contribution in [0.25, 0.3) is 11.1 Å². The number of hydrogen-bond donors (Lipinski definition) is 2. The van der Waals surface area contributed by atoms with Crippen molar-refractivity contribution < 1.29 is 13.6 Å². The van der Waals surface area contributed by atoms with Gasteiger partial charge in [0.25, 0.3) is 0 Å². The minimum Gasteiger partial charge on any atom is -0.305 e. The second-order valence-corrected chi connectivity index (χ2v) is 7.96. The van der Waals surface area contributed by atoms with Crippen LogP contribution in [-0.4, -0.2) is 22.8 Å². The smallest absolute Gasteiger partial charge is 0.305 e. The Labute approximate surface area is 185 Å². The first-order valence-corrected chi connectivity index (χ1v) is 10.5. The van der Waals surface area contributed by atoms with Gasteiger partial charge < -0.3 is 10.6 Å². The summed E-state index contributed by atoms with van der Waals surface area (Å²) in [5.41, 5.74) is 5.26. The Morgan fingerprint density at radius 1 is 1.03 bits per heavy atom. The average Bonchev–Trinajstić information content (AvgIpc) is 2.77. The van der Waals surface area contributed by atoms with Gasteiger partial charge in [-0.25, -0.2) is 13.6 Å². The Morgan fingerprint density at radius 2 is 1.81 bits per heavy atom. The Bertz CT molecular complexity index is 1220. The SMILES string of the molecule is CCC1Cc2cncc(-c3ccc(NC(=O)Nc4cc(C)ccc4F)c(F)c3)c2C(C)=N1. The number of halogens is 2. The molecule has 0 bridgehead atoms. The number of nitrogens with one attached hydrogen (secondary N) is 2. The molecular formula is C25H24F2N4O. The monoisotopic (exact) mass is 434 g/mol. The van der Waals surface area contributed by atoms with E-state index in [9.17, 15) is 13.6 Å². The Morgan fingerprint density at radius 3 is 2.56 bits per heavy atom. The minimum atomic E-state index is -0.728. The molecule has 0 aliphatic carbocycles. The zero-order chi connectivity index (χ0) is 22.8. The van der Waals surface area contributed by atoms with E-state index in [2.05, 4.69) is 22.5 Å². The molecule has 7 heteroatoms. The molecule has 0 spiro atoms. The van der Waals surface area contributed by atoms with E-state index in [1.165, 1.54) is 24.3 Å². The van der Waals surface area contributed by atoms with Crippen molar-refractivity contribution in [2.75, 3.05) is 10.6 Å². The zero-order valence-corrected chi connectivity index (χ0v) is 18.2. The van der Waals surface area contributed by atoms with Gasteiger partial charge in [0.15, 0.2) is 0 Å². The average molecular weight is 434 g/mol. The van der Waals surface area contributed by atoms with E-state index >= 15 is 0 Å². The predicted molar refractivity (Wildman–Crippen MR) is 123 cm³/mol. The summed E-state index contributed by atoms with van der Waals surface area (Å²) in [6.07, 6.45) is 5.31. The first-order valence-electron chi connectivity index (χ1n) is 10.5. The van der Waals surface area contributed by atoms with Crippen molar-refractivity contribution in [3.05, 3.63) is 77.1 Å². The van der Waals surface area contributed by atoms with E-state index in [4.69, 9.17) is 4.99 Å². The molecule has 0 fully saturated rings. The molecule has 5 nitrogen and oxygen atoms in total. The Balaban J connectivity index is 1.57. The maximum absolute atomic E-state index is 14.9. The number of urea groups is 1. The molecule has 0 saturated heterocycles. The molecule has 1 aliphatic heterocycles. The van der Waals surface area contributed by atoms with Gasteiger partial charge in [0, 0.05) is 29.2 Å². The van der Waals surface area contributed by atoms with Gasteiger partial charge in [0.1, 0.15) is 11.6 Å². The lowest BCUT2D eigenvalue weighted by Crippen LogP contribution is -2.21. The molecule has 1 aromatic heterocycles. The summed E-state index contributed by atoms with van der Waals surface area (Å²) in [5.74, 6) is -1.16. The first-order chi connectivity index (χ1) is 15.4. The number of fused-ring (bicyclic) bond motifs is 1. The summed E-state index contributed by atoms with van der Waals surface area (Å²) < 4.78 is 28.7. The fourth-order valence-electron chi connectivity index (χ4n) is 3.97. The molecule has 0 saturated carbocycles. The third-order valence-corrected chi connectivity index (χ3v) is 5.59. The van der Waals surface area contributed by atoms with Crippen molar-refractivity contribution in [3.8, 4) is 11.1 Å². The summed E-state index contributed by atoms with van der Waals surface area (Å²) in [7, 11) is 0. The molecule has 1 aliphatic rings. The fraction of sp³-hybridized carbons (Fsp3) is 0.240. The topological polar surface area (TPSA) is 66.4 Å². The van der Waals surface area contributed by atoms with E-state index < -0.39 is 17.7 Å². The van der Waals surface area contributed by atoms with Crippen LogP contribution in [0.2, 0.25) is 0 Å². The molecule has 2 amide bonds. The van der Waals surface area contributed by atoms with Crippen molar-refractivity contribution in [3.63, 3.8) is 0 Å². The molecule has 0 radical (unpaired) electrons. The number of hydrogen-bond acceptors (Lipinski definition) is 3. The number of aryl methyl sites for hydroxylation is 1. The number of amides is 2. The number of aliphatic imine (C=N–C) groups is 1. The van der Waals surface area contributed by atoms with E-state index in [0.29, 0.717) is 5.56 Å². The van der Waals surface area contributed by atoms with Gasteiger partial charge in [-0.3, -0.25) is 9.98 Å². The maximum atomic E-state index is 14.9. The minimum absolute atomic E-state index is 0.00601. The summed E-state index contributed by atoms with van der Waals surface area (Å²) in [6, 6.07) is 8.45. The summed E-state index contributed by atoms with van der Waals surface area (Å²) in [4.78, 5) is 21.4. The molecule has 4 rings (SSSR count). The number of anilines is 2. The highest BCUT2D eigenvalue weighted by Gasteiger charge is 2.22. The standard InChI is InChI=1S/C25H24F2N4O/c1-4-18-10-17-12-28-13-19(24(17)15(3)29-18)16-6-8-22(21(27)11-16)30-25(32)31-23-9-14(2)5-7-20(23)26/h5-9,11-13,18H,4,10H2,1-3H3,(H2,30,31,32). The van der Waals surface area contributed by atoms with Crippen LogP contribution in [0.3, 0.4) is 0 Å². The molecule has 32 heavy (non-hydrogen) atoms. The second kappa shape index (κ2) is 8.86. The number of pyridine rings is 1. The van der Waals surface area contributed by atoms with Crippen molar-refractivity contribution in [1.82, 2.24) is 4.98 Å². The van der Waals surface area contributed by atoms with Gasteiger partial charge in [0.05, 0.1) is 17.4 Å². The second-order valence-electron chi connectivity index (χ2n) is 7.96. The summed E-state index contributed by atoms with van der Waals surface area (Å²) in [6.45, 7) is 5.85. The van der Waals surface area contributed by atoms with Crippen molar-refractivity contribution in [2.24, 2.45) is 4.99 Å². The third-order valence-electron chi connectivity index (χ3n) is 5.59. The van der Waals surface area contributed by atoms with Crippen LogP contribution in [0, 0.1) is 18.6 Å². The number of benzene rings is 2. The van der Waals surface area contributed by atoms with Crippen molar-refractivity contribution in [1.29, 1.82) is 0 Å². The van der Waals surface area contributed by atoms with Crippen LogP contribution >= 0.6 is 0 Å². The lowest BCUT2D eigenvalue weighted by atomic mass is 9.89. The van der Waals surface area contributed by atoms with Crippen LogP contribution in [0.15, 0.2) is 53.8 Å². The van der Waals surface area contributed by atoms with Crippen LogP contribution in [0.1, 0.15) is 37.0 Å². The molecule has 3 aromatic rings. The zero-order valence-electron chi connectivity index (χ0n) is 18.2. The van der Waals surface area contributed by atoms with E-state index in [1.807, 2.05) is 13.1 Å². The molecule has 2 heterocycles. The Hall–Kier alpha value is -3.61. The summed E-state index contributed by atoms with van der Waals surface area (Å²) in [5, 5.41) is 4.85.